The van der Waals surface area contributed by atoms with Gasteiger partial charge in [0, 0.05) is 51.4 Å². The van der Waals surface area contributed by atoms with Crippen LogP contribution in [0.2, 0.25) is 0 Å². The Morgan fingerprint density at radius 2 is 1.82 bits per heavy atom. The molecule has 0 spiro atoms. The standard InChI is InChI=1S/C25H28FN5O2/c1-29(2)21-8-6-18(7-9-21)17-27-25(33)19-12-14-30(15-13-19)23-10-11-24(32)31(28-23)22-5-3-4-20(26)16-22/h3-11,16,19H,12-15,17H2,1-2H3,(H,27,33). The van der Waals surface area contributed by atoms with E-state index in [9.17, 15) is 14.0 Å². The maximum Gasteiger partial charge on any atom is 0.271 e. The van der Waals surface area contributed by atoms with Gasteiger partial charge in [-0.3, -0.25) is 9.59 Å². The van der Waals surface area contributed by atoms with E-state index in [1.165, 1.54) is 22.9 Å². The van der Waals surface area contributed by atoms with E-state index in [4.69, 9.17) is 0 Å². The lowest BCUT2D eigenvalue weighted by Crippen LogP contribution is -2.41. The van der Waals surface area contributed by atoms with Gasteiger partial charge in [0.05, 0.1) is 5.69 Å². The molecule has 1 N–H and O–H groups in total. The molecule has 1 aliphatic heterocycles. The van der Waals surface area contributed by atoms with E-state index < -0.39 is 5.82 Å². The molecule has 0 saturated carbocycles. The van der Waals surface area contributed by atoms with Crippen molar-refractivity contribution < 1.29 is 9.18 Å². The fraction of sp³-hybridized carbons (Fsp3) is 0.320. The number of amides is 1. The number of aromatic nitrogens is 2. The van der Waals surface area contributed by atoms with Crippen LogP contribution in [0.3, 0.4) is 0 Å². The fourth-order valence-electron chi connectivity index (χ4n) is 3.98. The number of anilines is 2. The Bertz CT molecular complexity index is 1170. The first-order valence-corrected chi connectivity index (χ1v) is 11.1. The van der Waals surface area contributed by atoms with Gasteiger partial charge < -0.3 is 15.1 Å². The van der Waals surface area contributed by atoms with Crippen LogP contribution in [0.5, 0.6) is 0 Å². The maximum absolute atomic E-state index is 13.6. The number of carbonyl (C=O) groups excluding carboxylic acids is 1. The molecule has 2 heterocycles. The number of hydrogen-bond acceptors (Lipinski definition) is 5. The van der Waals surface area contributed by atoms with E-state index in [0.29, 0.717) is 44.0 Å². The van der Waals surface area contributed by atoms with Gasteiger partial charge in [-0.25, -0.2) is 4.39 Å². The molecule has 7 nitrogen and oxygen atoms in total. The molecule has 2 aromatic carbocycles. The second kappa shape index (κ2) is 9.85. The topological polar surface area (TPSA) is 70.5 Å². The van der Waals surface area contributed by atoms with Crippen LogP contribution in [0.25, 0.3) is 5.69 Å². The lowest BCUT2D eigenvalue weighted by molar-refractivity contribution is -0.125. The Hall–Kier alpha value is -3.68. The molecule has 1 aromatic heterocycles. The molecule has 0 aliphatic carbocycles. The van der Waals surface area contributed by atoms with Gasteiger partial charge in [0.25, 0.3) is 5.56 Å². The highest BCUT2D eigenvalue weighted by molar-refractivity contribution is 5.79. The molecule has 33 heavy (non-hydrogen) atoms. The number of piperidine rings is 1. The molecule has 1 amide bonds. The third-order valence-electron chi connectivity index (χ3n) is 5.95. The van der Waals surface area contributed by atoms with Crippen LogP contribution in [0, 0.1) is 11.7 Å². The number of hydrogen-bond donors (Lipinski definition) is 1. The Morgan fingerprint density at radius 3 is 2.48 bits per heavy atom. The van der Waals surface area contributed by atoms with Crippen molar-refractivity contribution in [2.24, 2.45) is 5.92 Å². The monoisotopic (exact) mass is 449 g/mol. The van der Waals surface area contributed by atoms with Crippen molar-refractivity contribution in [3.63, 3.8) is 0 Å². The summed E-state index contributed by atoms with van der Waals surface area (Å²) < 4.78 is 14.8. The molecule has 0 bridgehead atoms. The van der Waals surface area contributed by atoms with Crippen molar-refractivity contribution in [1.82, 2.24) is 15.1 Å². The first-order chi connectivity index (χ1) is 15.9. The van der Waals surface area contributed by atoms with Crippen LogP contribution in [0.1, 0.15) is 18.4 Å². The first-order valence-electron chi connectivity index (χ1n) is 11.1. The van der Waals surface area contributed by atoms with E-state index in [-0.39, 0.29) is 17.4 Å². The summed E-state index contributed by atoms with van der Waals surface area (Å²) in [5.74, 6) is 0.214. The summed E-state index contributed by atoms with van der Waals surface area (Å²) in [4.78, 5) is 29.0. The first kappa shape index (κ1) is 22.5. The number of nitrogens with one attached hydrogen (secondary N) is 1. The molecule has 8 heteroatoms. The van der Waals surface area contributed by atoms with E-state index in [1.54, 1.807) is 18.2 Å². The van der Waals surface area contributed by atoms with E-state index in [2.05, 4.69) is 15.3 Å². The fourth-order valence-corrected chi connectivity index (χ4v) is 3.98. The van der Waals surface area contributed by atoms with Crippen LogP contribution in [0.15, 0.2) is 65.5 Å². The van der Waals surface area contributed by atoms with E-state index >= 15 is 0 Å². The summed E-state index contributed by atoms with van der Waals surface area (Å²) >= 11 is 0. The van der Waals surface area contributed by atoms with Crippen molar-refractivity contribution in [3.8, 4) is 5.69 Å². The van der Waals surface area contributed by atoms with Crippen molar-refractivity contribution in [2.45, 2.75) is 19.4 Å². The van der Waals surface area contributed by atoms with Gasteiger partial charge in [-0.05, 0) is 54.8 Å². The predicted molar refractivity (Wildman–Crippen MR) is 127 cm³/mol. The third-order valence-corrected chi connectivity index (χ3v) is 5.95. The quantitative estimate of drug-likeness (QED) is 0.627. The van der Waals surface area contributed by atoms with Crippen molar-refractivity contribution in [3.05, 3.63) is 82.4 Å². The highest BCUT2D eigenvalue weighted by Gasteiger charge is 2.26. The molecule has 3 aromatic rings. The van der Waals surface area contributed by atoms with Crippen LogP contribution >= 0.6 is 0 Å². The molecule has 1 fully saturated rings. The Balaban J connectivity index is 1.34. The molecule has 4 rings (SSSR count). The van der Waals surface area contributed by atoms with Gasteiger partial charge in [0.2, 0.25) is 5.91 Å². The molecule has 1 aliphatic rings. The van der Waals surface area contributed by atoms with Crippen LogP contribution in [0.4, 0.5) is 15.9 Å². The summed E-state index contributed by atoms with van der Waals surface area (Å²) in [6.07, 6.45) is 1.40. The Morgan fingerprint density at radius 1 is 1.09 bits per heavy atom. The van der Waals surface area contributed by atoms with Crippen molar-refractivity contribution in [1.29, 1.82) is 0 Å². The molecular formula is C25H28FN5O2. The summed E-state index contributed by atoms with van der Waals surface area (Å²) in [5.41, 5.74) is 2.25. The zero-order valence-corrected chi connectivity index (χ0v) is 18.9. The summed E-state index contributed by atoms with van der Waals surface area (Å²) in [6.45, 7) is 1.82. The van der Waals surface area contributed by atoms with Crippen molar-refractivity contribution in [2.75, 3.05) is 37.0 Å². The molecule has 172 valence electrons. The minimum Gasteiger partial charge on any atom is -0.378 e. The Kier molecular flexibility index (Phi) is 6.72. The van der Waals surface area contributed by atoms with Gasteiger partial charge in [0.1, 0.15) is 11.6 Å². The summed E-state index contributed by atoms with van der Waals surface area (Å²) in [5, 5.41) is 7.48. The number of nitrogens with zero attached hydrogens (tertiary/aromatic N) is 4. The van der Waals surface area contributed by atoms with Gasteiger partial charge in [-0.15, -0.1) is 5.10 Å². The molecule has 0 radical (unpaired) electrons. The van der Waals surface area contributed by atoms with E-state index in [1.807, 2.05) is 43.3 Å². The summed E-state index contributed by atoms with van der Waals surface area (Å²) in [6, 6.07) is 17.0. The smallest absolute Gasteiger partial charge is 0.271 e. The zero-order valence-electron chi connectivity index (χ0n) is 18.9. The Labute approximate surface area is 192 Å². The molecular weight excluding hydrogens is 421 g/mol. The zero-order chi connectivity index (χ0) is 23.4. The predicted octanol–water partition coefficient (Wildman–Crippen LogP) is 2.97. The highest BCUT2D eigenvalue weighted by atomic mass is 19.1. The van der Waals surface area contributed by atoms with Crippen LogP contribution in [-0.4, -0.2) is 42.9 Å². The largest absolute Gasteiger partial charge is 0.378 e. The van der Waals surface area contributed by atoms with Crippen LogP contribution < -0.4 is 20.7 Å². The SMILES string of the molecule is CN(C)c1ccc(CNC(=O)C2CCN(c3ccc(=O)n(-c4cccc(F)c4)n3)CC2)cc1. The lowest BCUT2D eigenvalue weighted by Gasteiger charge is -2.32. The lowest BCUT2D eigenvalue weighted by atomic mass is 9.96. The minimum absolute atomic E-state index is 0.0589. The van der Waals surface area contributed by atoms with Gasteiger partial charge in [0.15, 0.2) is 0 Å². The number of halogens is 1. The summed E-state index contributed by atoms with van der Waals surface area (Å²) in [7, 11) is 3.99. The van der Waals surface area contributed by atoms with Crippen molar-refractivity contribution >= 4 is 17.4 Å². The second-order valence-corrected chi connectivity index (χ2v) is 8.46. The minimum atomic E-state index is -0.424. The molecule has 1 saturated heterocycles. The average Bonchev–Trinajstić information content (AvgIpc) is 2.83. The number of benzene rings is 2. The third kappa shape index (κ3) is 5.39. The average molecular weight is 450 g/mol. The molecule has 0 atom stereocenters. The second-order valence-electron chi connectivity index (χ2n) is 8.46. The molecule has 0 unspecified atom stereocenters. The van der Waals surface area contributed by atoms with Gasteiger partial charge in [-0.2, -0.15) is 4.68 Å². The number of rotatable bonds is 6. The maximum atomic E-state index is 13.6. The van der Waals surface area contributed by atoms with Gasteiger partial charge >= 0.3 is 0 Å². The number of carbonyl (C=O) groups is 1. The van der Waals surface area contributed by atoms with E-state index in [0.717, 1.165) is 11.3 Å². The van der Waals surface area contributed by atoms with Crippen LogP contribution in [-0.2, 0) is 11.3 Å². The van der Waals surface area contributed by atoms with Gasteiger partial charge in [-0.1, -0.05) is 18.2 Å². The highest BCUT2D eigenvalue weighted by Crippen LogP contribution is 2.22. The normalized spacial score (nSPS) is 14.2.